The molecule has 3 heterocycles. The molecular weight excluding hydrogens is 296 g/mol. The fraction of sp³-hybridized carbons (Fsp3) is 0.467. The van der Waals surface area contributed by atoms with Crippen molar-refractivity contribution in [2.45, 2.75) is 0 Å². The maximum absolute atomic E-state index is 12.9. The van der Waals surface area contributed by atoms with Gasteiger partial charge in [0.2, 0.25) is 5.91 Å². The van der Waals surface area contributed by atoms with Gasteiger partial charge in [-0.15, -0.1) is 0 Å². The Balaban J connectivity index is 1.87. The highest BCUT2D eigenvalue weighted by Gasteiger charge is 2.30. The van der Waals surface area contributed by atoms with Crippen molar-refractivity contribution in [2.24, 2.45) is 5.92 Å². The Hall–Kier alpha value is -2.48. The lowest BCUT2D eigenvalue weighted by Gasteiger charge is -2.22. The zero-order valence-corrected chi connectivity index (χ0v) is 13.3. The molecule has 2 aromatic rings. The van der Waals surface area contributed by atoms with Gasteiger partial charge in [-0.1, -0.05) is 0 Å². The molecule has 0 aromatic carbocycles. The number of carbonyl (C=O) groups is 2. The van der Waals surface area contributed by atoms with Crippen LogP contribution in [0.5, 0.6) is 0 Å². The fourth-order valence-electron chi connectivity index (χ4n) is 2.88. The lowest BCUT2D eigenvalue weighted by Crippen LogP contribution is -2.41. The molecule has 0 saturated carbocycles. The SMILES string of the molecule is CNC(=O)[C@@H]1CN(C)CCN(C(=O)c2cnn3cccnc23)C1. The summed E-state index contributed by atoms with van der Waals surface area (Å²) < 4.78 is 1.58. The molecular formula is C15H20N6O2. The largest absolute Gasteiger partial charge is 0.359 e. The van der Waals surface area contributed by atoms with Crippen molar-refractivity contribution in [3.8, 4) is 0 Å². The fourth-order valence-corrected chi connectivity index (χ4v) is 2.88. The van der Waals surface area contributed by atoms with Gasteiger partial charge in [0, 0.05) is 45.6 Å². The third-order valence-electron chi connectivity index (χ3n) is 4.14. The molecule has 0 aliphatic carbocycles. The summed E-state index contributed by atoms with van der Waals surface area (Å²) in [4.78, 5) is 32.9. The first-order valence-corrected chi connectivity index (χ1v) is 7.58. The molecule has 1 N–H and O–H groups in total. The number of carbonyl (C=O) groups excluding carboxylic acids is 2. The van der Waals surface area contributed by atoms with E-state index in [0.29, 0.717) is 30.8 Å². The number of likely N-dealkylation sites (N-methyl/N-ethyl adjacent to an activating group) is 1. The van der Waals surface area contributed by atoms with E-state index in [1.807, 2.05) is 7.05 Å². The number of nitrogens with zero attached hydrogens (tertiary/aromatic N) is 5. The van der Waals surface area contributed by atoms with Crippen molar-refractivity contribution < 1.29 is 9.59 Å². The second-order valence-corrected chi connectivity index (χ2v) is 5.77. The van der Waals surface area contributed by atoms with Crippen LogP contribution in [0.15, 0.2) is 24.7 Å². The van der Waals surface area contributed by atoms with Crippen LogP contribution < -0.4 is 5.32 Å². The van der Waals surface area contributed by atoms with E-state index in [9.17, 15) is 9.59 Å². The average molecular weight is 316 g/mol. The Morgan fingerprint density at radius 1 is 1.30 bits per heavy atom. The third-order valence-corrected chi connectivity index (χ3v) is 4.14. The molecule has 1 saturated heterocycles. The standard InChI is InChI=1S/C15H20N6O2/c1-16-14(22)11-9-19(2)6-7-20(10-11)15(23)12-8-18-21-5-3-4-17-13(12)21/h3-5,8,11H,6-7,9-10H2,1-2H3,(H,16,22)/t11-/m1/s1. The van der Waals surface area contributed by atoms with Crippen LogP contribution in [0.3, 0.4) is 0 Å². The second kappa shape index (κ2) is 6.33. The normalized spacial score (nSPS) is 19.6. The Labute approximate surface area is 134 Å². The minimum atomic E-state index is -0.244. The van der Waals surface area contributed by atoms with E-state index in [4.69, 9.17) is 0 Å². The molecule has 122 valence electrons. The maximum atomic E-state index is 12.9. The van der Waals surface area contributed by atoms with Gasteiger partial charge < -0.3 is 15.1 Å². The third kappa shape index (κ3) is 3.02. The molecule has 8 heteroatoms. The first kappa shape index (κ1) is 15.4. The van der Waals surface area contributed by atoms with Crippen LogP contribution in [0.2, 0.25) is 0 Å². The van der Waals surface area contributed by atoms with E-state index in [-0.39, 0.29) is 17.7 Å². The highest BCUT2D eigenvalue weighted by atomic mass is 16.2. The Kier molecular flexibility index (Phi) is 4.24. The van der Waals surface area contributed by atoms with Gasteiger partial charge in [0.1, 0.15) is 5.56 Å². The monoisotopic (exact) mass is 316 g/mol. The molecule has 1 aliphatic rings. The Bertz CT molecular complexity index is 728. The molecule has 0 radical (unpaired) electrons. The number of nitrogens with one attached hydrogen (secondary N) is 1. The summed E-state index contributed by atoms with van der Waals surface area (Å²) >= 11 is 0. The van der Waals surface area contributed by atoms with Crippen molar-refractivity contribution in [1.82, 2.24) is 29.7 Å². The molecule has 23 heavy (non-hydrogen) atoms. The first-order chi connectivity index (χ1) is 11.1. The summed E-state index contributed by atoms with van der Waals surface area (Å²) in [6, 6.07) is 1.76. The van der Waals surface area contributed by atoms with Gasteiger partial charge >= 0.3 is 0 Å². The van der Waals surface area contributed by atoms with Crippen molar-refractivity contribution >= 4 is 17.5 Å². The smallest absolute Gasteiger partial charge is 0.259 e. The summed E-state index contributed by atoms with van der Waals surface area (Å²) in [5.41, 5.74) is 0.998. The lowest BCUT2D eigenvalue weighted by atomic mass is 10.1. The number of fused-ring (bicyclic) bond motifs is 1. The van der Waals surface area contributed by atoms with Gasteiger partial charge in [-0.25, -0.2) is 9.50 Å². The first-order valence-electron chi connectivity index (χ1n) is 7.58. The summed E-state index contributed by atoms with van der Waals surface area (Å²) in [6.45, 7) is 2.34. The molecule has 1 fully saturated rings. The minimum absolute atomic E-state index is 0.0467. The van der Waals surface area contributed by atoms with E-state index in [2.05, 4.69) is 20.3 Å². The van der Waals surface area contributed by atoms with Crippen LogP contribution in [0.1, 0.15) is 10.4 Å². The van der Waals surface area contributed by atoms with E-state index < -0.39 is 0 Å². The predicted molar refractivity (Wildman–Crippen MR) is 83.9 cm³/mol. The van der Waals surface area contributed by atoms with Crippen LogP contribution in [0, 0.1) is 5.92 Å². The van der Waals surface area contributed by atoms with E-state index in [1.54, 1.807) is 34.9 Å². The second-order valence-electron chi connectivity index (χ2n) is 5.77. The summed E-state index contributed by atoms with van der Waals surface area (Å²) in [6.07, 6.45) is 4.92. The van der Waals surface area contributed by atoms with Gasteiger partial charge in [-0.3, -0.25) is 9.59 Å². The van der Waals surface area contributed by atoms with Crippen LogP contribution in [-0.2, 0) is 4.79 Å². The molecule has 2 aromatic heterocycles. The lowest BCUT2D eigenvalue weighted by molar-refractivity contribution is -0.125. The highest BCUT2D eigenvalue weighted by molar-refractivity contribution is 5.99. The van der Waals surface area contributed by atoms with Crippen molar-refractivity contribution in [2.75, 3.05) is 40.3 Å². The quantitative estimate of drug-likeness (QED) is 0.806. The maximum Gasteiger partial charge on any atom is 0.259 e. The van der Waals surface area contributed by atoms with Gasteiger partial charge in [0.25, 0.3) is 5.91 Å². The molecule has 1 atom stereocenters. The van der Waals surface area contributed by atoms with E-state index in [0.717, 1.165) is 6.54 Å². The Morgan fingerprint density at radius 2 is 2.13 bits per heavy atom. The molecule has 8 nitrogen and oxygen atoms in total. The van der Waals surface area contributed by atoms with Crippen molar-refractivity contribution in [3.63, 3.8) is 0 Å². The van der Waals surface area contributed by atoms with Crippen LogP contribution in [-0.4, -0.2) is 76.5 Å². The van der Waals surface area contributed by atoms with Gasteiger partial charge in [0.05, 0.1) is 12.1 Å². The Morgan fingerprint density at radius 3 is 2.91 bits per heavy atom. The molecule has 0 spiro atoms. The molecule has 3 rings (SSSR count). The zero-order chi connectivity index (χ0) is 16.4. The summed E-state index contributed by atoms with van der Waals surface area (Å²) in [5.74, 6) is -0.427. The number of amides is 2. The van der Waals surface area contributed by atoms with Gasteiger partial charge in [-0.05, 0) is 13.1 Å². The number of hydrogen-bond donors (Lipinski definition) is 1. The molecule has 0 bridgehead atoms. The average Bonchev–Trinajstić information content (AvgIpc) is 2.90. The number of aromatic nitrogens is 3. The van der Waals surface area contributed by atoms with E-state index >= 15 is 0 Å². The van der Waals surface area contributed by atoms with Gasteiger partial charge in [0.15, 0.2) is 5.65 Å². The molecule has 0 unspecified atom stereocenters. The molecule has 2 amide bonds. The minimum Gasteiger partial charge on any atom is -0.359 e. The van der Waals surface area contributed by atoms with Crippen molar-refractivity contribution in [3.05, 3.63) is 30.2 Å². The van der Waals surface area contributed by atoms with Crippen LogP contribution >= 0.6 is 0 Å². The topological polar surface area (TPSA) is 82.8 Å². The zero-order valence-electron chi connectivity index (χ0n) is 13.3. The van der Waals surface area contributed by atoms with Crippen LogP contribution in [0.25, 0.3) is 5.65 Å². The summed E-state index contributed by atoms with van der Waals surface area (Å²) in [7, 11) is 3.58. The van der Waals surface area contributed by atoms with Crippen molar-refractivity contribution in [1.29, 1.82) is 0 Å². The van der Waals surface area contributed by atoms with Crippen LogP contribution in [0.4, 0.5) is 0 Å². The predicted octanol–water partition coefficient (Wildman–Crippen LogP) is -0.521. The number of hydrogen-bond acceptors (Lipinski definition) is 5. The molecule has 1 aliphatic heterocycles. The van der Waals surface area contributed by atoms with E-state index in [1.165, 1.54) is 6.20 Å². The highest BCUT2D eigenvalue weighted by Crippen LogP contribution is 2.15. The van der Waals surface area contributed by atoms with Gasteiger partial charge in [-0.2, -0.15) is 5.10 Å². The summed E-state index contributed by atoms with van der Waals surface area (Å²) in [5, 5.41) is 6.83. The number of rotatable bonds is 2.